The van der Waals surface area contributed by atoms with Crippen LogP contribution in [0.25, 0.3) is 0 Å². The zero-order chi connectivity index (χ0) is 14.2. The molecule has 1 fully saturated rings. The van der Waals surface area contributed by atoms with Crippen LogP contribution in [-0.4, -0.2) is 13.1 Å². The molecule has 1 aliphatic rings. The van der Waals surface area contributed by atoms with Crippen LogP contribution in [0.2, 0.25) is 0 Å². The van der Waals surface area contributed by atoms with Crippen molar-refractivity contribution in [1.29, 1.82) is 0 Å². The number of halogens is 3. The van der Waals surface area contributed by atoms with Crippen molar-refractivity contribution in [3.05, 3.63) is 69.7 Å². The third-order valence-electron chi connectivity index (χ3n) is 3.83. The van der Waals surface area contributed by atoms with Gasteiger partial charge >= 0.3 is 0 Å². The molecule has 1 N–H and O–H groups in total. The lowest BCUT2D eigenvalue weighted by atomic mass is 9.71. The maximum atomic E-state index is 13.5. The summed E-state index contributed by atoms with van der Waals surface area (Å²) in [5.74, 6) is -0.481. The molecular formula is C16H14BrF2N. The molecule has 0 atom stereocenters. The van der Waals surface area contributed by atoms with Crippen LogP contribution in [0, 0.1) is 11.6 Å². The van der Waals surface area contributed by atoms with Crippen molar-refractivity contribution in [2.24, 2.45) is 0 Å². The fourth-order valence-corrected chi connectivity index (χ4v) is 3.29. The molecule has 0 spiro atoms. The highest BCUT2D eigenvalue weighted by Crippen LogP contribution is 2.33. The molecule has 1 nitrogen and oxygen atoms in total. The fourth-order valence-electron chi connectivity index (χ4n) is 2.78. The number of rotatable bonds is 3. The number of hydrogen-bond acceptors (Lipinski definition) is 1. The Bertz CT molecular complexity index is 618. The van der Waals surface area contributed by atoms with Gasteiger partial charge in [0.25, 0.3) is 0 Å². The Balaban J connectivity index is 1.93. The van der Waals surface area contributed by atoms with Gasteiger partial charge in [0.2, 0.25) is 0 Å². The Kier molecular flexibility index (Phi) is 3.61. The van der Waals surface area contributed by atoms with Crippen molar-refractivity contribution < 1.29 is 8.78 Å². The van der Waals surface area contributed by atoms with Crippen molar-refractivity contribution >= 4 is 15.9 Å². The first kappa shape index (κ1) is 13.7. The van der Waals surface area contributed by atoms with E-state index in [1.165, 1.54) is 12.1 Å². The third kappa shape index (κ3) is 2.63. The van der Waals surface area contributed by atoms with E-state index < -0.39 is 0 Å². The minimum absolute atomic E-state index is 0.144. The SMILES string of the molecule is Fc1cc(Br)cc(CC2(c3cccc(F)c3)CNC2)c1. The van der Waals surface area contributed by atoms with Crippen molar-refractivity contribution in [1.82, 2.24) is 5.32 Å². The molecule has 0 bridgehead atoms. The van der Waals surface area contributed by atoms with Gasteiger partial charge in [-0.05, 0) is 47.9 Å². The van der Waals surface area contributed by atoms with Crippen LogP contribution >= 0.6 is 15.9 Å². The summed E-state index contributed by atoms with van der Waals surface area (Å²) in [5.41, 5.74) is 1.74. The summed E-state index contributed by atoms with van der Waals surface area (Å²) >= 11 is 3.31. The lowest BCUT2D eigenvalue weighted by molar-refractivity contribution is 0.273. The van der Waals surface area contributed by atoms with E-state index in [1.807, 2.05) is 12.1 Å². The smallest absolute Gasteiger partial charge is 0.124 e. The molecule has 1 heterocycles. The van der Waals surface area contributed by atoms with Gasteiger partial charge in [0.05, 0.1) is 0 Å². The Labute approximate surface area is 125 Å². The molecule has 104 valence electrons. The van der Waals surface area contributed by atoms with E-state index in [0.29, 0.717) is 6.42 Å². The van der Waals surface area contributed by atoms with E-state index in [4.69, 9.17) is 0 Å². The van der Waals surface area contributed by atoms with E-state index in [-0.39, 0.29) is 17.0 Å². The van der Waals surface area contributed by atoms with Crippen LogP contribution in [0.4, 0.5) is 8.78 Å². The summed E-state index contributed by atoms with van der Waals surface area (Å²) in [5, 5.41) is 3.24. The predicted octanol–water partition coefficient (Wildman–Crippen LogP) is 3.81. The van der Waals surface area contributed by atoms with E-state index in [1.54, 1.807) is 18.2 Å². The summed E-state index contributed by atoms with van der Waals surface area (Å²) in [6.07, 6.45) is 0.694. The molecular weight excluding hydrogens is 324 g/mol. The van der Waals surface area contributed by atoms with Gasteiger partial charge < -0.3 is 5.32 Å². The molecule has 2 aromatic carbocycles. The molecule has 1 aliphatic heterocycles. The molecule has 20 heavy (non-hydrogen) atoms. The zero-order valence-corrected chi connectivity index (χ0v) is 12.4. The van der Waals surface area contributed by atoms with Crippen LogP contribution in [0.5, 0.6) is 0 Å². The quantitative estimate of drug-likeness (QED) is 0.897. The van der Waals surface area contributed by atoms with Crippen LogP contribution < -0.4 is 5.32 Å². The standard InChI is InChI=1S/C16H14BrF2N/c17-13-4-11(5-15(19)7-13)8-16(9-20-10-16)12-2-1-3-14(18)6-12/h1-7,20H,8-10H2. The highest BCUT2D eigenvalue weighted by atomic mass is 79.9. The van der Waals surface area contributed by atoms with Gasteiger partial charge in [-0.3, -0.25) is 0 Å². The average Bonchev–Trinajstić information content (AvgIpc) is 2.32. The van der Waals surface area contributed by atoms with Gasteiger partial charge in [-0.1, -0.05) is 28.1 Å². The first-order valence-corrected chi connectivity index (χ1v) is 7.28. The first-order chi connectivity index (χ1) is 9.57. The summed E-state index contributed by atoms with van der Waals surface area (Å²) in [6, 6.07) is 11.6. The second-order valence-electron chi connectivity index (χ2n) is 5.35. The molecule has 0 amide bonds. The van der Waals surface area contributed by atoms with Crippen LogP contribution in [0.3, 0.4) is 0 Å². The number of nitrogens with one attached hydrogen (secondary N) is 1. The van der Waals surface area contributed by atoms with Crippen molar-refractivity contribution in [3.8, 4) is 0 Å². The second-order valence-corrected chi connectivity index (χ2v) is 6.26. The molecule has 2 aromatic rings. The molecule has 0 saturated carbocycles. The summed E-state index contributed by atoms with van der Waals surface area (Å²) in [4.78, 5) is 0. The average molecular weight is 338 g/mol. The number of benzene rings is 2. The Morgan fingerprint density at radius 3 is 2.45 bits per heavy atom. The van der Waals surface area contributed by atoms with Crippen LogP contribution in [0.15, 0.2) is 46.9 Å². The number of hydrogen-bond donors (Lipinski definition) is 1. The second kappa shape index (κ2) is 5.26. The predicted molar refractivity (Wildman–Crippen MR) is 78.8 cm³/mol. The van der Waals surface area contributed by atoms with Gasteiger partial charge in [-0.25, -0.2) is 8.78 Å². The van der Waals surface area contributed by atoms with Gasteiger partial charge in [0.15, 0.2) is 0 Å². The maximum absolute atomic E-state index is 13.5. The van der Waals surface area contributed by atoms with Crippen molar-refractivity contribution in [2.75, 3.05) is 13.1 Å². The third-order valence-corrected chi connectivity index (χ3v) is 4.29. The van der Waals surface area contributed by atoms with Gasteiger partial charge in [0.1, 0.15) is 11.6 Å². The van der Waals surface area contributed by atoms with Crippen molar-refractivity contribution in [2.45, 2.75) is 11.8 Å². The van der Waals surface area contributed by atoms with Crippen molar-refractivity contribution in [3.63, 3.8) is 0 Å². The van der Waals surface area contributed by atoms with E-state index in [0.717, 1.165) is 28.7 Å². The van der Waals surface area contributed by atoms with Gasteiger partial charge in [-0.2, -0.15) is 0 Å². The Morgan fingerprint density at radius 2 is 1.85 bits per heavy atom. The molecule has 0 radical (unpaired) electrons. The van der Waals surface area contributed by atoms with Gasteiger partial charge in [-0.15, -0.1) is 0 Å². The van der Waals surface area contributed by atoms with E-state index in [2.05, 4.69) is 21.2 Å². The summed E-state index contributed by atoms with van der Waals surface area (Å²) < 4.78 is 27.7. The Morgan fingerprint density at radius 1 is 1.05 bits per heavy atom. The Hall–Kier alpha value is -1.26. The van der Waals surface area contributed by atoms with Crippen LogP contribution in [0.1, 0.15) is 11.1 Å². The maximum Gasteiger partial charge on any atom is 0.124 e. The minimum atomic E-state index is -0.254. The molecule has 1 saturated heterocycles. The normalized spacial score (nSPS) is 16.8. The minimum Gasteiger partial charge on any atom is -0.315 e. The largest absolute Gasteiger partial charge is 0.315 e. The first-order valence-electron chi connectivity index (χ1n) is 6.49. The molecule has 3 rings (SSSR count). The topological polar surface area (TPSA) is 12.0 Å². The molecule has 0 aromatic heterocycles. The lowest BCUT2D eigenvalue weighted by Crippen LogP contribution is -2.58. The van der Waals surface area contributed by atoms with E-state index >= 15 is 0 Å². The molecule has 0 unspecified atom stereocenters. The monoisotopic (exact) mass is 337 g/mol. The van der Waals surface area contributed by atoms with Gasteiger partial charge in [0, 0.05) is 23.0 Å². The molecule has 0 aliphatic carbocycles. The van der Waals surface area contributed by atoms with Crippen LogP contribution in [-0.2, 0) is 11.8 Å². The van der Waals surface area contributed by atoms with E-state index in [9.17, 15) is 8.78 Å². The zero-order valence-electron chi connectivity index (χ0n) is 10.8. The molecule has 4 heteroatoms. The fraction of sp³-hybridized carbons (Fsp3) is 0.250. The summed E-state index contributed by atoms with van der Waals surface area (Å²) in [7, 11) is 0. The lowest BCUT2D eigenvalue weighted by Gasteiger charge is -2.43. The highest BCUT2D eigenvalue weighted by molar-refractivity contribution is 9.10. The summed E-state index contributed by atoms with van der Waals surface area (Å²) in [6.45, 7) is 1.56. The highest BCUT2D eigenvalue weighted by Gasteiger charge is 2.38.